The maximum Gasteiger partial charge on any atom is 0.313 e. The van der Waals surface area contributed by atoms with Crippen molar-refractivity contribution in [3.8, 4) is 0 Å². The minimum absolute atomic E-state index is 0.133. The molecule has 0 aliphatic rings. The van der Waals surface area contributed by atoms with Gasteiger partial charge in [0.1, 0.15) is 18.8 Å². The van der Waals surface area contributed by atoms with Crippen LogP contribution in [0.4, 0.5) is 0 Å². The van der Waals surface area contributed by atoms with Crippen LogP contribution in [-0.2, 0) is 25.7 Å². The molecule has 122 valence electrons. The summed E-state index contributed by atoms with van der Waals surface area (Å²) < 4.78 is 10.5. The monoisotopic (exact) mass is 322 g/mol. The molecule has 5 heteroatoms. The maximum absolute atomic E-state index is 11.7. The Morgan fingerprint density at radius 1 is 1.05 bits per heavy atom. The number of esters is 1. The van der Waals surface area contributed by atoms with Crippen molar-refractivity contribution in [1.29, 1.82) is 0 Å². The first-order valence-electron chi connectivity index (χ1n) is 7.66. The molecular weight excluding hydrogens is 296 g/mol. The van der Waals surface area contributed by atoms with Crippen molar-refractivity contribution < 1.29 is 19.1 Å². The van der Waals surface area contributed by atoms with Crippen LogP contribution in [0.3, 0.4) is 0 Å². The predicted octanol–water partition coefficient (Wildman–Crippen LogP) is 3.43. The average molecular weight is 322 g/mol. The van der Waals surface area contributed by atoms with Gasteiger partial charge in [0.15, 0.2) is 0 Å². The molecule has 1 rings (SSSR count). The molecule has 0 saturated carbocycles. The lowest BCUT2D eigenvalue weighted by molar-refractivity contribution is -0.147. The molecule has 0 spiro atoms. The third-order valence-electron chi connectivity index (χ3n) is 3.11. The molecule has 0 atom stereocenters. The number of ether oxygens (including phenoxy) is 2. The minimum atomic E-state index is -1.09. The third kappa shape index (κ3) is 9.47. The smallest absolute Gasteiger partial charge is 0.313 e. The van der Waals surface area contributed by atoms with Crippen molar-refractivity contribution in [2.24, 2.45) is 0 Å². The molecule has 0 fully saturated rings. The zero-order chi connectivity index (χ0) is 16.4. The molecule has 1 aromatic rings. The van der Waals surface area contributed by atoms with Gasteiger partial charge in [-0.25, -0.2) is 0 Å². The first-order valence-corrected chi connectivity index (χ1v) is 11.4. The first kappa shape index (κ1) is 18.6. The number of carbonyl (C=O) groups excluding carboxylic acids is 2. The number of hydrogen-bond acceptors (Lipinski definition) is 4. The van der Waals surface area contributed by atoms with Crippen molar-refractivity contribution >= 4 is 19.8 Å². The lowest BCUT2D eigenvalue weighted by Crippen LogP contribution is -2.22. The van der Waals surface area contributed by atoms with Crippen molar-refractivity contribution in [2.75, 3.05) is 13.2 Å². The van der Waals surface area contributed by atoms with Gasteiger partial charge in [0.25, 0.3) is 0 Å². The van der Waals surface area contributed by atoms with Crippen LogP contribution < -0.4 is 0 Å². The number of Topliss-reactive ketones (excluding diaryl/α,β-unsaturated/α-hetero) is 1. The van der Waals surface area contributed by atoms with Gasteiger partial charge >= 0.3 is 5.97 Å². The zero-order valence-electron chi connectivity index (χ0n) is 13.8. The van der Waals surface area contributed by atoms with Crippen LogP contribution in [0, 0.1) is 0 Å². The Balaban J connectivity index is 2.10. The molecule has 0 aliphatic heterocycles. The van der Waals surface area contributed by atoms with Crippen LogP contribution in [0.5, 0.6) is 0 Å². The summed E-state index contributed by atoms with van der Waals surface area (Å²) in [4.78, 5) is 23.2. The van der Waals surface area contributed by atoms with Gasteiger partial charge in [0, 0.05) is 21.1 Å². The van der Waals surface area contributed by atoms with Gasteiger partial charge < -0.3 is 9.47 Å². The van der Waals surface area contributed by atoms with Gasteiger partial charge in [0.05, 0.1) is 6.61 Å². The highest BCUT2D eigenvalue weighted by atomic mass is 28.3. The fourth-order valence-electron chi connectivity index (χ4n) is 1.70. The summed E-state index contributed by atoms with van der Waals surface area (Å²) in [6.45, 7) is 8.13. The quantitative estimate of drug-likeness (QED) is 0.287. The van der Waals surface area contributed by atoms with E-state index in [-0.39, 0.29) is 25.2 Å². The molecule has 0 unspecified atom stereocenters. The number of benzene rings is 1. The topological polar surface area (TPSA) is 52.6 Å². The van der Waals surface area contributed by atoms with E-state index >= 15 is 0 Å². The van der Waals surface area contributed by atoms with Crippen molar-refractivity contribution in [3.63, 3.8) is 0 Å². The van der Waals surface area contributed by atoms with Crippen LogP contribution in [0.25, 0.3) is 0 Å². The van der Waals surface area contributed by atoms with Crippen molar-refractivity contribution in [3.05, 3.63) is 35.9 Å². The van der Waals surface area contributed by atoms with Crippen LogP contribution in [0.15, 0.2) is 30.3 Å². The number of hydrogen-bond donors (Lipinski definition) is 0. The van der Waals surface area contributed by atoms with E-state index in [1.165, 1.54) is 0 Å². The summed E-state index contributed by atoms with van der Waals surface area (Å²) in [6.07, 6.45) is 0.0936. The molecular formula is C17H26O4Si. The van der Waals surface area contributed by atoms with E-state index in [1.54, 1.807) is 0 Å². The summed E-state index contributed by atoms with van der Waals surface area (Å²) in [7, 11) is -1.09. The minimum Gasteiger partial charge on any atom is -0.460 e. The lowest BCUT2D eigenvalue weighted by atomic mass is 10.2. The maximum atomic E-state index is 11.7. The zero-order valence-corrected chi connectivity index (χ0v) is 14.8. The fraction of sp³-hybridized carbons (Fsp3) is 0.529. The molecule has 0 aromatic heterocycles. The van der Waals surface area contributed by atoms with E-state index < -0.39 is 14.0 Å². The molecule has 0 saturated heterocycles. The summed E-state index contributed by atoms with van der Waals surface area (Å²) in [5, 5.41) is 0. The van der Waals surface area contributed by atoms with Gasteiger partial charge in [0.2, 0.25) is 0 Å². The Morgan fingerprint density at radius 2 is 1.73 bits per heavy atom. The van der Waals surface area contributed by atoms with Crippen molar-refractivity contribution in [2.45, 2.75) is 45.1 Å². The second kappa shape index (κ2) is 9.53. The molecule has 0 heterocycles. The normalized spacial score (nSPS) is 11.2. The molecule has 0 bridgehead atoms. The second-order valence-electron chi connectivity index (χ2n) is 6.53. The lowest BCUT2D eigenvalue weighted by Gasteiger charge is -2.15. The van der Waals surface area contributed by atoms with Crippen LogP contribution >= 0.6 is 0 Å². The number of rotatable bonds is 10. The summed E-state index contributed by atoms with van der Waals surface area (Å²) >= 11 is 0. The standard InChI is InChI=1S/C17H26O4Si/c1-22(2,3)12-11-20-10-9-16(18)13-17(19)21-14-15-7-5-4-6-8-15/h4-8H,9-14H2,1-3H3. The van der Waals surface area contributed by atoms with Crippen molar-refractivity contribution in [1.82, 2.24) is 0 Å². The van der Waals surface area contributed by atoms with E-state index in [1.807, 2.05) is 30.3 Å². The summed E-state index contributed by atoms with van der Waals surface area (Å²) in [6, 6.07) is 10.5. The first-order chi connectivity index (χ1) is 10.4. The summed E-state index contributed by atoms with van der Waals surface area (Å²) in [5.74, 6) is -0.609. The Morgan fingerprint density at radius 3 is 2.36 bits per heavy atom. The molecule has 0 radical (unpaired) electrons. The molecule has 4 nitrogen and oxygen atoms in total. The Bertz CT molecular complexity index is 465. The Kier molecular flexibility index (Phi) is 8.05. The van der Waals surface area contributed by atoms with Gasteiger partial charge in [-0.15, -0.1) is 0 Å². The predicted molar refractivity (Wildman–Crippen MR) is 89.5 cm³/mol. The van der Waals surface area contributed by atoms with Gasteiger partial charge in [-0.3, -0.25) is 9.59 Å². The average Bonchev–Trinajstić information content (AvgIpc) is 2.44. The Labute approximate surface area is 133 Å². The highest BCUT2D eigenvalue weighted by Gasteiger charge is 2.13. The number of ketones is 1. The van der Waals surface area contributed by atoms with Gasteiger partial charge in [-0.1, -0.05) is 50.0 Å². The molecule has 0 N–H and O–H groups in total. The van der Waals surface area contributed by atoms with Gasteiger partial charge in [-0.2, -0.15) is 0 Å². The van der Waals surface area contributed by atoms with Gasteiger partial charge in [-0.05, 0) is 11.6 Å². The van der Waals surface area contributed by atoms with E-state index in [2.05, 4.69) is 19.6 Å². The highest BCUT2D eigenvalue weighted by molar-refractivity contribution is 6.76. The van der Waals surface area contributed by atoms with E-state index in [0.717, 1.165) is 11.6 Å². The van der Waals surface area contributed by atoms with Crippen LogP contribution in [0.1, 0.15) is 18.4 Å². The van der Waals surface area contributed by atoms with Crippen LogP contribution in [0.2, 0.25) is 25.7 Å². The van der Waals surface area contributed by atoms with E-state index in [9.17, 15) is 9.59 Å². The number of carbonyl (C=O) groups is 2. The van der Waals surface area contributed by atoms with Crippen LogP contribution in [-0.4, -0.2) is 33.0 Å². The molecule has 0 amide bonds. The summed E-state index contributed by atoms with van der Waals surface area (Å²) in [5.41, 5.74) is 0.915. The molecule has 0 aliphatic carbocycles. The molecule has 1 aromatic carbocycles. The fourth-order valence-corrected chi connectivity index (χ4v) is 2.46. The molecule has 22 heavy (non-hydrogen) atoms. The Hall–Kier alpha value is -1.46. The largest absolute Gasteiger partial charge is 0.460 e. The highest BCUT2D eigenvalue weighted by Crippen LogP contribution is 2.08. The van der Waals surface area contributed by atoms with E-state index in [0.29, 0.717) is 13.2 Å². The van der Waals surface area contributed by atoms with E-state index in [4.69, 9.17) is 9.47 Å². The SMILES string of the molecule is C[Si](C)(C)CCOCCC(=O)CC(=O)OCc1ccccc1. The third-order valence-corrected chi connectivity index (χ3v) is 4.81. The second-order valence-corrected chi connectivity index (χ2v) is 12.2.